The maximum atomic E-state index is 13.0. The molecule has 0 aliphatic rings. The number of hydrogen-bond acceptors (Lipinski definition) is 3. The summed E-state index contributed by atoms with van der Waals surface area (Å²) in [7, 11) is 0. The normalized spacial score (nSPS) is 12.4. The van der Waals surface area contributed by atoms with Crippen LogP contribution in [-0.2, 0) is 16.0 Å². The summed E-state index contributed by atoms with van der Waals surface area (Å²) < 4.78 is 5.36. The molecule has 6 heteroatoms. The zero-order valence-corrected chi connectivity index (χ0v) is 17.2. The molecule has 1 heterocycles. The standard InChI is InChI=1S/C23H27N3O3/c1-15-9-5-7-11-18(15)25-21(27)20(26-22(28)29-23(2,3)4)13-16-14-24-19-12-8-6-10-17(16)19/h5-12,14,20,24H,13H2,1-4H3,(H,25,27)(H,26,28)/t20-/m0/s1. The second-order valence-corrected chi connectivity index (χ2v) is 8.07. The Hall–Kier alpha value is -3.28. The van der Waals surface area contributed by atoms with Gasteiger partial charge in [-0.05, 0) is 51.0 Å². The van der Waals surface area contributed by atoms with Gasteiger partial charge in [-0.15, -0.1) is 0 Å². The van der Waals surface area contributed by atoms with Gasteiger partial charge >= 0.3 is 6.09 Å². The summed E-state index contributed by atoms with van der Waals surface area (Å²) in [6, 6.07) is 14.6. The van der Waals surface area contributed by atoms with Gasteiger partial charge in [0.15, 0.2) is 0 Å². The van der Waals surface area contributed by atoms with Crippen molar-refractivity contribution in [2.45, 2.75) is 45.8 Å². The van der Waals surface area contributed by atoms with E-state index in [0.717, 1.165) is 22.0 Å². The van der Waals surface area contributed by atoms with Crippen LogP contribution >= 0.6 is 0 Å². The van der Waals surface area contributed by atoms with E-state index in [4.69, 9.17) is 4.74 Å². The molecule has 3 N–H and O–H groups in total. The molecule has 0 spiro atoms. The molecule has 0 saturated carbocycles. The summed E-state index contributed by atoms with van der Waals surface area (Å²) in [5.41, 5.74) is 2.94. The number of carbonyl (C=O) groups is 2. The van der Waals surface area contributed by atoms with Crippen LogP contribution in [0, 0.1) is 6.92 Å². The van der Waals surface area contributed by atoms with Gasteiger partial charge in [0.1, 0.15) is 11.6 Å². The predicted molar refractivity (Wildman–Crippen MR) is 115 cm³/mol. The zero-order chi connectivity index (χ0) is 21.0. The smallest absolute Gasteiger partial charge is 0.408 e. The van der Waals surface area contributed by atoms with Crippen LogP contribution in [-0.4, -0.2) is 28.6 Å². The minimum absolute atomic E-state index is 0.296. The Bertz CT molecular complexity index is 1020. The lowest BCUT2D eigenvalue weighted by molar-refractivity contribution is -0.118. The molecule has 152 valence electrons. The van der Waals surface area contributed by atoms with Crippen LogP contribution in [0.1, 0.15) is 31.9 Å². The Kier molecular flexibility index (Phi) is 5.92. The quantitative estimate of drug-likeness (QED) is 0.595. The molecule has 0 fully saturated rings. The van der Waals surface area contributed by atoms with Gasteiger partial charge in [0, 0.05) is 29.2 Å². The van der Waals surface area contributed by atoms with Crippen LogP contribution in [0.25, 0.3) is 10.9 Å². The van der Waals surface area contributed by atoms with Crippen molar-refractivity contribution < 1.29 is 14.3 Å². The average Bonchev–Trinajstić information content (AvgIpc) is 3.04. The first-order chi connectivity index (χ1) is 13.7. The van der Waals surface area contributed by atoms with E-state index in [1.807, 2.05) is 61.7 Å². The van der Waals surface area contributed by atoms with Crippen molar-refractivity contribution in [3.63, 3.8) is 0 Å². The third-order valence-electron chi connectivity index (χ3n) is 4.51. The fourth-order valence-electron chi connectivity index (χ4n) is 3.11. The lowest BCUT2D eigenvalue weighted by Crippen LogP contribution is -2.47. The van der Waals surface area contributed by atoms with E-state index in [-0.39, 0.29) is 5.91 Å². The van der Waals surface area contributed by atoms with E-state index in [2.05, 4.69) is 15.6 Å². The van der Waals surface area contributed by atoms with Crippen LogP contribution in [0.2, 0.25) is 0 Å². The van der Waals surface area contributed by atoms with Crippen LogP contribution in [0.3, 0.4) is 0 Å². The van der Waals surface area contributed by atoms with E-state index in [9.17, 15) is 9.59 Å². The Labute approximate surface area is 170 Å². The van der Waals surface area contributed by atoms with Crippen molar-refractivity contribution >= 4 is 28.6 Å². The molecule has 3 aromatic rings. The number of alkyl carbamates (subject to hydrolysis) is 1. The molecule has 3 rings (SSSR count). The van der Waals surface area contributed by atoms with Gasteiger partial charge in [0.25, 0.3) is 0 Å². The third kappa shape index (κ3) is 5.38. The van der Waals surface area contributed by atoms with E-state index in [1.165, 1.54) is 0 Å². The molecule has 1 aromatic heterocycles. The monoisotopic (exact) mass is 393 g/mol. The molecule has 0 bridgehead atoms. The number of anilines is 1. The molecular weight excluding hydrogens is 366 g/mol. The third-order valence-corrected chi connectivity index (χ3v) is 4.51. The average molecular weight is 393 g/mol. The maximum Gasteiger partial charge on any atom is 0.408 e. The number of para-hydroxylation sites is 2. The number of carbonyl (C=O) groups excluding carboxylic acids is 2. The first-order valence-electron chi connectivity index (χ1n) is 9.64. The molecular formula is C23H27N3O3. The molecule has 1 atom stereocenters. The SMILES string of the molecule is Cc1ccccc1NC(=O)[C@H](Cc1c[nH]c2ccccc12)NC(=O)OC(C)(C)C. The van der Waals surface area contributed by atoms with Crippen molar-refractivity contribution in [3.8, 4) is 0 Å². The number of H-pyrrole nitrogens is 1. The fourth-order valence-corrected chi connectivity index (χ4v) is 3.11. The number of rotatable bonds is 5. The first-order valence-corrected chi connectivity index (χ1v) is 9.64. The lowest BCUT2D eigenvalue weighted by atomic mass is 10.0. The van der Waals surface area contributed by atoms with Crippen molar-refractivity contribution in [3.05, 3.63) is 65.9 Å². The molecule has 2 aromatic carbocycles. The van der Waals surface area contributed by atoms with Gasteiger partial charge in [0.2, 0.25) is 5.91 Å². The number of ether oxygens (including phenoxy) is 1. The fraction of sp³-hybridized carbons (Fsp3) is 0.304. The molecule has 29 heavy (non-hydrogen) atoms. The van der Waals surface area contributed by atoms with Gasteiger partial charge in [0.05, 0.1) is 0 Å². The number of hydrogen-bond donors (Lipinski definition) is 3. The highest BCUT2D eigenvalue weighted by Gasteiger charge is 2.26. The van der Waals surface area contributed by atoms with E-state index in [0.29, 0.717) is 12.1 Å². The number of aryl methyl sites for hydroxylation is 1. The Morgan fingerprint density at radius 1 is 1.07 bits per heavy atom. The summed E-state index contributed by atoms with van der Waals surface area (Å²) in [5, 5.41) is 6.67. The van der Waals surface area contributed by atoms with Gasteiger partial charge in [-0.25, -0.2) is 4.79 Å². The van der Waals surface area contributed by atoms with Crippen molar-refractivity contribution in [1.29, 1.82) is 0 Å². The molecule has 0 aliphatic carbocycles. The number of aromatic amines is 1. The zero-order valence-electron chi connectivity index (χ0n) is 17.2. The second-order valence-electron chi connectivity index (χ2n) is 8.07. The van der Waals surface area contributed by atoms with Crippen molar-refractivity contribution in [2.75, 3.05) is 5.32 Å². The molecule has 0 saturated heterocycles. The maximum absolute atomic E-state index is 13.0. The molecule has 0 unspecified atom stereocenters. The Morgan fingerprint density at radius 3 is 2.48 bits per heavy atom. The molecule has 6 nitrogen and oxygen atoms in total. The van der Waals surface area contributed by atoms with Crippen molar-refractivity contribution in [1.82, 2.24) is 10.3 Å². The molecule has 0 aliphatic heterocycles. The van der Waals surface area contributed by atoms with Crippen molar-refractivity contribution in [2.24, 2.45) is 0 Å². The highest BCUT2D eigenvalue weighted by Crippen LogP contribution is 2.20. The number of amides is 2. The van der Waals surface area contributed by atoms with Crippen LogP contribution in [0.5, 0.6) is 0 Å². The summed E-state index contributed by atoms with van der Waals surface area (Å²) in [6.45, 7) is 7.28. The Morgan fingerprint density at radius 2 is 1.76 bits per heavy atom. The van der Waals surface area contributed by atoms with Crippen LogP contribution in [0.15, 0.2) is 54.7 Å². The minimum Gasteiger partial charge on any atom is -0.444 e. The summed E-state index contributed by atoms with van der Waals surface area (Å²) in [5.74, 6) is -0.296. The largest absolute Gasteiger partial charge is 0.444 e. The van der Waals surface area contributed by atoms with Gasteiger partial charge in [-0.3, -0.25) is 4.79 Å². The molecule has 2 amide bonds. The predicted octanol–water partition coefficient (Wildman–Crippen LogP) is 4.55. The van der Waals surface area contributed by atoms with E-state index >= 15 is 0 Å². The summed E-state index contributed by atoms with van der Waals surface area (Å²) >= 11 is 0. The van der Waals surface area contributed by atoms with Gasteiger partial charge < -0.3 is 20.4 Å². The topological polar surface area (TPSA) is 83.2 Å². The second kappa shape index (κ2) is 8.39. The molecule has 0 radical (unpaired) electrons. The van der Waals surface area contributed by atoms with E-state index < -0.39 is 17.7 Å². The summed E-state index contributed by atoms with van der Waals surface area (Å²) in [4.78, 5) is 28.6. The summed E-state index contributed by atoms with van der Waals surface area (Å²) in [6.07, 6.45) is 1.58. The number of aromatic nitrogens is 1. The van der Waals surface area contributed by atoms with E-state index in [1.54, 1.807) is 20.8 Å². The lowest BCUT2D eigenvalue weighted by Gasteiger charge is -2.23. The van der Waals surface area contributed by atoms with Crippen LogP contribution < -0.4 is 10.6 Å². The minimum atomic E-state index is -0.788. The Balaban J connectivity index is 1.83. The van der Waals surface area contributed by atoms with Gasteiger partial charge in [-0.2, -0.15) is 0 Å². The number of nitrogens with one attached hydrogen (secondary N) is 3. The highest BCUT2D eigenvalue weighted by atomic mass is 16.6. The van der Waals surface area contributed by atoms with Gasteiger partial charge in [-0.1, -0.05) is 36.4 Å². The number of fused-ring (bicyclic) bond motifs is 1. The highest BCUT2D eigenvalue weighted by molar-refractivity contribution is 5.97. The first kappa shape index (κ1) is 20.5. The number of benzene rings is 2. The van der Waals surface area contributed by atoms with Crippen LogP contribution in [0.4, 0.5) is 10.5 Å².